The van der Waals surface area contributed by atoms with E-state index in [1.165, 1.54) is 11.7 Å². The van der Waals surface area contributed by atoms with E-state index in [1.54, 1.807) is 24.3 Å². The van der Waals surface area contributed by atoms with Crippen LogP contribution in [-0.2, 0) is 7.05 Å². The molecule has 1 fully saturated rings. The Balaban J connectivity index is 1.64. The Hall–Kier alpha value is -2.76. The normalized spacial score (nSPS) is 23.8. The van der Waals surface area contributed by atoms with Crippen LogP contribution in [0.4, 0.5) is 0 Å². The van der Waals surface area contributed by atoms with Crippen LogP contribution in [0.1, 0.15) is 23.3 Å². The summed E-state index contributed by atoms with van der Waals surface area (Å²) in [7, 11) is 1.54. The second-order valence-electron chi connectivity index (χ2n) is 6.01. The van der Waals surface area contributed by atoms with Gasteiger partial charge in [-0.25, -0.2) is 10.1 Å². The van der Waals surface area contributed by atoms with Crippen molar-refractivity contribution in [1.29, 1.82) is 0 Å². The topological polar surface area (TPSA) is 76.3 Å². The van der Waals surface area contributed by atoms with E-state index in [0.29, 0.717) is 22.6 Å². The zero-order valence-electron chi connectivity index (χ0n) is 12.7. The predicted molar refractivity (Wildman–Crippen MR) is 87.2 cm³/mol. The van der Waals surface area contributed by atoms with Crippen LogP contribution in [0.15, 0.2) is 46.3 Å². The molecule has 1 amide bonds. The fourth-order valence-corrected chi connectivity index (χ4v) is 3.31. The van der Waals surface area contributed by atoms with Gasteiger partial charge in [-0.2, -0.15) is 10.2 Å². The summed E-state index contributed by atoms with van der Waals surface area (Å²) in [5.74, 6) is 0.640. The summed E-state index contributed by atoms with van der Waals surface area (Å²) in [6, 6.07) is 6.98. The number of carbonyl (C=O) groups is 1. The molecule has 1 aromatic carbocycles. The second kappa shape index (κ2) is 5.15. The van der Waals surface area contributed by atoms with Crippen LogP contribution in [0.25, 0.3) is 10.8 Å². The van der Waals surface area contributed by atoms with Crippen LogP contribution in [0.2, 0.25) is 0 Å². The number of allylic oxidation sites excluding steroid dienone is 2. The average molecular weight is 308 g/mol. The van der Waals surface area contributed by atoms with Gasteiger partial charge >= 0.3 is 0 Å². The molecule has 2 aromatic rings. The van der Waals surface area contributed by atoms with Crippen molar-refractivity contribution < 1.29 is 4.79 Å². The molecule has 6 heteroatoms. The van der Waals surface area contributed by atoms with Crippen molar-refractivity contribution in [1.82, 2.24) is 15.2 Å². The molecule has 2 atom stereocenters. The molecule has 1 saturated carbocycles. The minimum absolute atomic E-state index is 0.215. The van der Waals surface area contributed by atoms with E-state index in [4.69, 9.17) is 0 Å². The van der Waals surface area contributed by atoms with Crippen LogP contribution < -0.4 is 11.0 Å². The van der Waals surface area contributed by atoms with Gasteiger partial charge in [0.25, 0.3) is 11.5 Å². The first-order valence-corrected chi connectivity index (χ1v) is 7.64. The summed E-state index contributed by atoms with van der Waals surface area (Å²) >= 11 is 0. The third-order valence-electron chi connectivity index (χ3n) is 4.64. The number of rotatable bonds is 2. The lowest BCUT2D eigenvalue weighted by molar-refractivity contribution is 0.0948. The predicted octanol–water partition coefficient (Wildman–Crippen LogP) is 1.62. The van der Waals surface area contributed by atoms with Gasteiger partial charge in [0.1, 0.15) is 0 Å². The molecule has 0 aliphatic heterocycles. The summed E-state index contributed by atoms with van der Waals surface area (Å²) in [6.07, 6.45) is 6.29. The zero-order chi connectivity index (χ0) is 16.0. The molecule has 4 rings (SSSR count). The standard InChI is InChI=1S/C17H16N4O2/c1-21-17(23)13-7-3-2-6-12(13)15(20-21)16(22)19-18-14-9-10-5-4-8-11(10)14/h2-7,10-11H,8-9H2,1H3,(H,19,22)/b18-14+/t10-,11-/m0/s1. The second-order valence-corrected chi connectivity index (χ2v) is 6.01. The van der Waals surface area contributed by atoms with Gasteiger partial charge in [-0.05, 0) is 24.8 Å². The van der Waals surface area contributed by atoms with E-state index in [1.807, 2.05) is 0 Å². The highest BCUT2D eigenvalue weighted by Crippen LogP contribution is 2.40. The maximum absolute atomic E-state index is 12.4. The van der Waals surface area contributed by atoms with Gasteiger partial charge in [-0.15, -0.1) is 0 Å². The SMILES string of the molecule is Cn1nc(C(=O)N/N=C2\C[C@@H]3C=CC[C@H]23)c2ccccc2c1=O. The van der Waals surface area contributed by atoms with Crippen LogP contribution >= 0.6 is 0 Å². The van der Waals surface area contributed by atoms with Crippen molar-refractivity contribution in [3.63, 3.8) is 0 Å². The highest BCUT2D eigenvalue weighted by molar-refractivity contribution is 6.05. The molecular formula is C17H16N4O2. The first kappa shape index (κ1) is 13.9. The quantitative estimate of drug-likeness (QED) is 0.676. The molecule has 6 nitrogen and oxygen atoms in total. The summed E-state index contributed by atoms with van der Waals surface area (Å²) in [5, 5.41) is 9.38. The molecule has 0 bridgehead atoms. The lowest BCUT2D eigenvalue weighted by Gasteiger charge is -2.31. The van der Waals surface area contributed by atoms with Crippen LogP contribution in [0, 0.1) is 11.8 Å². The minimum Gasteiger partial charge on any atom is -0.267 e. The summed E-state index contributed by atoms with van der Waals surface area (Å²) < 4.78 is 1.19. The number of nitrogens with zero attached hydrogens (tertiary/aromatic N) is 3. The molecule has 2 aliphatic carbocycles. The van der Waals surface area contributed by atoms with Crippen LogP contribution in [-0.4, -0.2) is 21.4 Å². The summed E-state index contributed by atoms with van der Waals surface area (Å²) in [4.78, 5) is 24.5. The Bertz CT molecular complexity index is 926. The van der Waals surface area contributed by atoms with E-state index >= 15 is 0 Å². The van der Waals surface area contributed by atoms with Gasteiger partial charge in [0, 0.05) is 24.1 Å². The number of hydrazone groups is 1. The van der Waals surface area contributed by atoms with Gasteiger partial charge < -0.3 is 0 Å². The Morgan fingerprint density at radius 2 is 2.13 bits per heavy atom. The summed E-state index contributed by atoms with van der Waals surface area (Å²) in [6.45, 7) is 0. The molecule has 0 unspecified atom stereocenters. The number of benzene rings is 1. The molecule has 1 aromatic heterocycles. The maximum atomic E-state index is 12.4. The number of amides is 1. The van der Waals surface area contributed by atoms with E-state index in [0.717, 1.165) is 18.6 Å². The number of hydrogen-bond donors (Lipinski definition) is 1. The number of carbonyl (C=O) groups excluding carboxylic acids is 1. The lowest BCUT2D eigenvalue weighted by atomic mass is 9.74. The van der Waals surface area contributed by atoms with E-state index < -0.39 is 5.91 Å². The van der Waals surface area contributed by atoms with E-state index in [2.05, 4.69) is 27.8 Å². The van der Waals surface area contributed by atoms with Crippen LogP contribution in [0.5, 0.6) is 0 Å². The third-order valence-corrected chi connectivity index (χ3v) is 4.64. The number of hydrogen-bond acceptors (Lipinski definition) is 4. The van der Waals surface area contributed by atoms with Crippen molar-refractivity contribution in [3.8, 4) is 0 Å². The number of aromatic nitrogens is 2. The molecular weight excluding hydrogens is 292 g/mol. The van der Waals surface area contributed by atoms with Crippen molar-refractivity contribution in [2.24, 2.45) is 24.0 Å². The maximum Gasteiger partial charge on any atom is 0.292 e. The molecule has 0 spiro atoms. The van der Waals surface area contributed by atoms with Gasteiger partial charge in [0.15, 0.2) is 5.69 Å². The van der Waals surface area contributed by atoms with Gasteiger partial charge in [0.2, 0.25) is 0 Å². The van der Waals surface area contributed by atoms with E-state index in [9.17, 15) is 9.59 Å². The lowest BCUT2D eigenvalue weighted by Crippen LogP contribution is -2.36. The largest absolute Gasteiger partial charge is 0.292 e. The fourth-order valence-electron chi connectivity index (χ4n) is 3.31. The molecule has 0 saturated heterocycles. The minimum atomic E-state index is -0.390. The molecule has 116 valence electrons. The molecule has 1 heterocycles. The first-order valence-electron chi connectivity index (χ1n) is 7.64. The Morgan fingerprint density at radius 1 is 1.35 bits per heavy atom. The van der Waals surface area contributed by atoms with Crippen molar-refractivity contribution in [2.45, 2.75) is 12.8 Å². The number of aryl methyl sites for hydroxylation is 1. The Kier molecular flexibility index (Phi) is 3.11. The fraction of sp³-hybridized carbons (Fsp3) is 0.294. The smallest absolute Gasteiger partial charge is 0.267 e. The van der Waals surface area contributed by atoms with E-state index in [-0.39, 0.29) is 11.3 Å². The highest BCUT2D eigenvalue weighted by Gasteiger charge is 2.38. The molecule has 2 aliphatic rings. The van der Waals surface area contributed by atoms with Crippen molar-refractivity contribution >= 4 is 22.4 Å². The Labute approximate surface area is 132 Å². The number of nitrogens with one attached hydrogen (secondary N) is 1. The monoisotopic (exact) mass is 308 g/mol. The highest BCUT2D eigenvalue weighted by atomic mass is 16.2. The average Bonchev–Trinajstić information content (AvgIpc) is 2.92. The number of fused-ring (bicyclic) bond motifs is 2. The zero-order valence-corrected chi connectivity index (χ0v) is 12.7. The molecule has 23 heavy (non-hydrogen) atoms. The molecule has 0 radical (unpaired) electrons. The van der Waals surface area contributed by atoms with Gasteiger partial charge in [0.05, 0.1) is 5.39 Å². The van der Waals surface area contributed by atoms with Gasteiger partial charge in [-0.1, -0.05) is 30.4 Å². The van der Waals surface area contributed by atoms with Gasteiger partial charge in [-0.3, -0.25) is 9.59 Å². The summed E-state index contributed by atoms with van der Waals surface area (Å²) in [5.41, 5.74) is 3.62. The molecule has 1 N–H and O–H groups in total. The van der Waals surface area contributed by atoms with Crippen molar-refractivity contribution in [2.75, 3.05) is 0 Å². The van der Waals surface area contributed by atoms with Crippen LogP contribution in [0.3, 0.4) is 0 Å². The first-order chi connectivity index (χ1) is 11.1. The third kappa shape index (κ3) is 2.18. The van der Waals surface area contributed by atoms with Crippen molar-refractivity contribution in [3.05, 3.63) is 52.5 Å². The Morgan fingerprint density at radius 3 is 2.91 bits per heavy atom.